The van der Waals surface area contributed by atoms with Gasteiger partial charge in [-0.05, 0) is 60.8 Å². The number of allylic oxidation sites excluding steroid dienone is 2. The highest BCUT2D eigenvalue weighted by Gasteiger charge is 2.32. The fraction of sp³-hybridized carbons (Fsp3) is 0.423. The molecule has 0 spiro atoms. The van der Waals surface area contributed by atoms with Gasteiger partial charge in [-0.15, -0.1) is 0 Å². The topological polar surface area (TPSA) is 97.7 Å². The molecule has 200 valence electrons. The maximum Gasteiger partial charge on any atom is 0.246 e. The lowest BCUT2D eigenvalue weighted by atomic mass is 9.95. The van der Waals surface area contributed by atoms with Crippen LogP contribution >= 0.6 is 11.6 Å². The summed E-state index contributed by atoms with van der Waals surface area (Å²) >= 11 is 6.55. The van der Waals surface area contributed by atoms with Crippen LogP contribution in [0.2, 0.25) is 0 Å². The van der Waals surface area contributed by atoms with E-state index in [1.165, 1.54) is 24.6 Å². The summed E-state index contributed by atoms with van der Waals surface area (Å²) in [6, 6.07) is 4.69. The molecule has 0 bridgehead atoms. The number of piperidine rings is 1. The molecule has 0 amide bonds. The minimum atomic E-state index is -3.72. The van der Waals surface area contributed by atoms with E-state index in [9.17, 15) is 8.42 Å². The number of methoxy groups -OCH3 is 2. The van der Waals surface area contributed by atoms with Crippen molar-refractivity contribution in [3.05, 3.63) is 53.2 Å². The highest BCUT2D eigenvalue weighted by molar-refractivity contribution is 7.89. The van der Waals surface area contributed by atoms with Crippen LogP contribution in [0.25, 0.3) is 5.82 Å². The van der Waals surface area contributed by atoms with Gasteiger partial charge in [-0.25, -0.2) is 13.1 Å². The lowest BCUT2D eigenvalue weighted by Gasteiger charge is -2.33. The summed E-state index contributed by atoms with van der Waals surface area (Å²) in [7, 11) is 5.44. The van der Waals surface area contributed by atoms with Crippen molar-refractivity contribution in [2.45, 2.75) is 36.6 Å². The SMILES string of the molecule is [B]c1cnn2c1NC(C1=C(Cl)CCC=C1)C=C2NCC1CCN(S(=O)(=O)c2cc(OC)ccc2OC)CC1. The van der Waals surface area contributed by atoms with E-state index in [1.807, 2.05) is 0 Å². The van der Waals surface area contributed by atoms with Gasteiger partial charge in [0, 0.05) is 36.9 Å². The van der Waals surface area contributed by atoms with Gasteiger partial charge in [0.1, 0.15) is 35.9 Å². The van der Waals surface area contributed by atoms with E-state index in [2.05, 4.69) is 34.0 Å². The van der Waals surface area contributed by atoms with Crippen LogP contribution in [0.5, 0.6) is 11.5 Å². The Labute approximate surface area is 230 Å². The third-order valence-corrected chi connectivity index (χ3v) is 9.58. The highest BCUT2D eigenvalue weighted by Crippen LogP contribution is 2.33. The van der Waals surface area contributed by atoms with E-state index >= 15 is 0 Å². The molecule has 9 nitrogen and oxygen atoms in total. The number of ether oxygens (including phenoxy) is 2. The number of sulfonamides is 1. The van der Waals surface area contributed by atoms with E-state index in [0.29, 0.717) is 36.6 Å². The monoisotopic (exact) mass is 555 g/mol. The van der Waals surface area contributed by atoms with E-state index in [4.69, 9.17) is 28.9 Å². The highest BCUT2D eigenvalue weighted by atomic mass is 35.5. The molecule has 2 aliphatic heterocycles. The summed E-state index contributed by atoms with van der Waals surface area (Å²) < 4.78 is 40.7. The number of hydrogen-bond donors (Lipinski definition) is 2. The van der Waals surface area contributed by atoms with Crippen molar-refractivity contribution >= 4 is 46.6 Å². The van der Waals surface area contributed by atoms with Crippen LogP contribution in [0.15, 0.2) is 58.1 Å². The van der Waals surface area contributed by atoms with Crippen molar-refractivity contribution < 1.29 is 17.9 Å². The van der Waals surface area contributed by atoms with Gasteiger partial charge in [0.15, 0.2) is 0 Å². The summed E-state index contributed by atoms with van der Waals surface area (Å²) in [5.74, 6) is 2.61. The van der Waals surface area contributed by atoms with Gasteiger partial charge in [-0.1, -0.05) is 23.8 Å². The van der Waals surface area contributed by atoms with Gasteiger partial charge in [0.25, 0.3) is 0 Å². The molecule has 1 aliphatic carbocycles. The summed E-state index contributed by atoms with van der Waals surface area (Å²) in [6.45, 7) is 1.52. The molecule has 12 heteroatoms. The third-order valence-electron chi connectivity index (χ3n) is 7.25. The summed E-state index contributed by atoms with van der Waals surface area (Å²) in [5.41, 5.74) is 1.58. The molecular formula is C26H31BClN5O4S. The van der Waals surface area contributed by atoms with Gasteiger partial charge >= 0.3 is 0 Å². The largest absolute Gasteiger partial charge is 0.497 e. The molecule has 1 unspecified atom stereocenters. The van der Waals surface area contributed by atoms with Crippen LogP contribution < -0.4 is 25.6 Å². The quantitative estimate of drug-likeness (QED) is 0.484. The van der Waals surface area contributed by atoms with E-state index in [1.54, 1.807) is 23.0 Å². The van der Waals surface area contributed by atoms with E-state index in [-0.39, 0.29) is 16.9 Å². The second-order valence-corrected chi connectivity index (χ2v) is 11.9. The molecule has 1 saturated heterocycles. The molecular weight excluding hydrogens is 525 g/mol. The lowest BCUT2D eigenvalue weighted by molar-refractivity contribution is 0.271. The third kappa shape index (κ3) is 5.19. The lowest BCUT2D eigenvalue weighted by Crippen LogP contribution is -2.41. The first kappa shape index (κ1) is 26.7. The first-order valence-electron chi connectivity index (χ1n) is 12.6. The fourth-order valence-corrected chi connectivity index (χ4v) is 6.99. The second-order valence-electron chi connectivity index (χ2n) is 9.58. The van der Waals surface area contributed by atoms with Gasteiger partial charge in [-0.3, -0.25) is 0 Å². The predicted octanol–water partition coefficient (Wildman–Crippen LogP) is 2.82. The molecule has 2 radical (unpaired) electrons. The molecule has 1 fully saturated rings. The number of aromatic nitrogens is 2. The Morgan fingerprint density at radius 3 is 2.74 bits per heavy atom. The van der Waals surface area contributed by atoms with Crippen LogP contribution in [0.4, 0.5) is 5.82 Å². The fourth-order valence-electron chi connectivity index (χ4n) is 5.06. The molecule has 1 aromatic heterocycles. The van der Waals surface area contributed by atoms with Gasteiger partial charge in [0.2, 0.25) is 10.0 Å². The van der Waals surface area contributed by atoms with Gasteiger partial charge in [-0.2, -0.15) is 9.40 Å². The number of halogens is 1. The zero-order chi connectivity index (χ0) is 26.9. The van der Waals surface area contributed by atoms with Crippen molar-refractivity contribution in [1.82, 2.24) is 19.4 Å². The zero-order valence-corrected chi connectivity index (χ0v) is 23.1. The normalized spacial score (nSPS) is 20.5. The minimum absolute atomic E-state index is 0.121. The predicted molar refractivity (Wildman–Crippen MR) is 150 cm³/mol. The zero-order valence-electron chi connectivity index (χ0n) is 21.5. The van der Waals surface area contributed by atoms with Crippen molar-refractivity contribution in [2.24, 2.45) is 5.92 Å². The van der Waals surface area contributed by atoms with E-state index in [0.717, 1.165) is 47.9 Å². The molecule has 1 aromatic carbocycles. The Kier molecular flexibility index (Phi) is 7.79. The van der Waals surface area contributed by atoms with Crippen molar-refractivity contribution in [2.75, 3.05) is 39.2 Å². The van der Waals surface area contributed by atoms with Crippen LogP contribution in [0.3, 0.4) is 0 Å². The molecule has 0 saturated carbocycles. The molecule has 2 aromatic rings. The Morgan fingerprint density at radius 1 is 1.24 bits per heavy atom. The molecule has 38 heavy (non-hydrogen) atoms. The Bertz CT molecular complexity index is 1400. The van der Waals surface area contributed by atoms with Gasteiger partial charge in [0.05, 0.1) is 20.3 Å². The van der Waals surface area contributed by atoms with Crippen LogP contribution in [0, 0.1) is 5.92 Å². The first-order valence-corrected chi connectivity index (χ1v) is 14.5. The number of anilines is 1. The number of nitrogens with one attached hydrogen (secondary N) is 2. The average molecular weight is 556 g/mol. The number of benzene rings is 1. The average Bonchev–Trinajstić information content (AvgIpc) is 3.32. The number of rotatable bonds is 8. The smallest absolute Gasteiger partial charge is 0.246 e. The Morgan fingerprint density at radius 2 is 2.03 bits per heavy atom. The molecule has 5 rings (SSSR count). The minimum Gasteiger partial charge on any atom is -0.497 e. The van der Waals surface area contributed by atoms with Crippen molar-refractivity contribution in [3.63, 3.8) is 0 Å². The van der Waals surface area contributed by atoms with Crippen molar-refractivity contribution in [3.8, 4) is 11.5 Å². The van der Waals surface area contributed by atoms with Crippen LogP contribution in [-0.4, -0.2) is 70.2 Å². The number of hydrogen-bond acceptors (Lipinski definition) is 7. The summed E-state index contributed by atoms with van der Waals surface area (Å²) in [6.07, 6.45) is 11.1. The van der Waals surface area contributed by atoms with Crippen LogP contribution in [-0.2, 0) is 10.0 Å². The Balaban J connectivity index is 1.26. The Hall–Kier alpha value is -2.89. The number of nitrogens with zero attached hydrogens (tertiary/aromatic N) is 3. The second kappa shape index (κ2) is 11.1. The van der Waals surface area contributed by atoms with Crippen molar-refractivity contribution in [1.29, 1.82) is 0 Å². The first-order chi connectivity index (χ1) is 18.3. The summed E-state index contributed by atoms with van der Waals surface area (Å²) in [4.78, 5) is 0.121. The summed E-state index contributed by atoms with van der Waals surface area (Å²) in [5, 5.41) is 12.2. The molecule has 3 aliphatic rings. The molecule has 1 atom stereocenters. The van der Waals surface area contributed by atoms with Gasteiger partial charge < -0.3 is 20.1 Å². The standard InChI is InChI=1S/C26H31BClN5O4S/c1-36-18-7-8-23(37-2)24(13-18)38(34,35)32-11-9-17(10-12-32)15-29-25-14-22(19-5-3-4-6-21(19)28)31-26-20(27)16-30-33(25)26/h3,5,7-8,13-14,16-17,22,29,31H,4,6,9-12,15H2,1-2H3. The van der Waals surface area contributed by atoms with E-state index < -0.39 is 10.0 Å². The maximum absolute atomic E-state index is 13.4. The molecule has 2 N–H and O–H groups in total. The number of fused-ring (bicyclic) bond motifs is 1. The maximum atomic E-state index is 13.4. The molecule has 3 heterocycles. The van der Waals surface area contributed by atoms with Crippen LogP contribution in [0.1, 0.15) is 25.7 Å².